The molecule has 3 aromatic rings. The van der Waals surface area contributed by atoms with Crippen molar-refractivity contribution < 1.29 is 41.0 Å². The molecule has 7 nitrogen and oxygen atoms in total. The number of rotatable bonds is 10. The molecular weight excluding hydrogens is 487 g/mol. The van der Waals surface area contributed by atoms with E-state index in [0.29, 0.717) is 0 Å². The zero-order valence-corrected chi connectivity index (χ0v) is 18.8. The van der Waals surface area contributed by atoms with Crippen LogP contribution in [0.15, 0.2) is 83.8 Å². The van der Waals surface area contributed by atoms with E-state index in [-0.39, 0.29) is 29.0 Å². The van der Waals surface area contributed by atoms with Crippen LogP contribution >= 0.6 is 0 Å². The number of carboxylic acid groups (broad SMARTS) is 1. The SMILES string of the molecule is O=C(CC(Cc1ccccc1)C(=O)O)c1ccc(NS(=O)(=O)c2ccc(OC(F)(F)F)cc2)cc1. The van der Waals surface area contributed by atoms with E-state index in [4.69, 9.17) is 0 Å². The Hall–Kier alpha value is -3.86. The fraction of sp³-hybridized carbons (Fsp3) is 0.167. The second-order valence-corrected chi connectivity index (χ2v) is 9.24. The van der Waals surface area contributed by atoms with Gasteiger partial charge in [0.1, 0.15) is 5.75 Å². The summed E-state index contributed by atoms with van der Waals surface area (Å²) in [5.74, 6) is -3.00. The van der Waals surface area contributed by atoms with Crippen LogP contribution in [0.1, 0.15) is 22.3 Å². The summed E-state index contributed by atoms with van der Waals surface area (Å²) in [5, 5.41) is 9.49. The molecule has 35 heavy (non-hydrogen) atoms. The van der Waals surface area contributed by atoms with Crippen molar-refractivity contribution in [2.45, 2.75) is 24.1 Å². The van der Waals surface area contributed by atoms with E-state index < -0.39 is 39.8 Å². The number of halogens is 3. The summed E-state index contributed by atoms with van der Waals surface area (Å²) in [4.78, 5) is 23.9. The van der Waals surface area contributed by atoms with Gasteiger partial charge in [0.2, 0.25) is 0 Å². The maximum Gasteiger partial charge on any atom is 0.573 e. The second kappa shape index (κ2) is 10.6. The van der Waals surface area contributed by atoms with Crippen molar-refractivity contribution >= 4 is 27.5 Å². The lowest BCUT2D eigenvalue weighted by atomic mass is 9.92. The van der Waals surface area contributed by atoms with E-state index in [1.54, 1.807) is 30.3 Å². The van der Waals surface area contributed by atoms with E-state index >= 15 is 0 Å². The highest BCUT2D eigenvalue weighted by molar-refractivity contribution is 7.92. The van der Waals surface area contributed by atoms with Crippen LogP contribution in [0.2, 0.25) is 0 Å². The van der Waals surface area contributed by atoms with Gasteiger partial charge in [0.25, 0.3) is 10.0 Å². The molecule has 0 radical (unpaired) electrons. The average Bonchev–Trinajstić information content (AvgIpc) is 2.78. The summed E-state index contributed by atoms with van der Waals surface area (Å²) in [6, 6.07) is 18.0. The topological polar surface area (TPSA) is 110 Å². The molecule has 0 heterocycles. The van der Waals surface area contributed by atoms with Gasteiger partial charge in [-0.2, -0.15) is 0 Å². The third kappa shape index (κ3) is 7.57. The van der Waals surface area contributed by atoms with Gasteiger partial charge in [-0.1, -0.05) is 30.3 Å². The maximum atomic E-state index is 12.6. The number of Topliss-reactive ketones (excluding diaryl/α,β-unsaturated/α-hetero) is 1. The molecule has 3 aromatic carbocycles. The second-order valence-electron chi connectivity index (χ2n) is 7.55. The zero-order chi connectivity index (χ0) is 25.6. The monoisotopic (exact) mass is 507 g/mol. The maximum absolute atomic E-state index is 12.6. The third-order valence-electron chi connectivity index (χ3n) is 4.93. The number of carboxylic acids is 1. The normalized spacial score (nSPS) is 12.5. The summed E-state index contributed by atoms with van der Waals surface area (Å²) in [6.07, 6.45) is -4.95. The average molecular weight is 507 g/mol. The van der Waals surface area contributed by atoms with E-state index in [0.717, 1.165) is 29.8 Å². The Morgan fingerprint density at radius 3 is 2.06 bits per heavy atom. The van der Waals surface area contributed by atoms with Crippen molar-refractivity contribution in [1.82, 2.24) is 0 Å². The van der Waals surface area contributed by atoms with Crippen LogP contribution in [-0.2, 0) is 21.2 Å². The van der Waals surface area contributed by atoms with Gasteiger partial charge >= 0.3 is 12.3 Å². The first-order valence-electron chi connectivity index (χ1n) is 10.2. The molecule has 0 fully saturated rings. The highest BCUT2D eigenvalue weighted by atomic mass is 32.2. The number of ketones is 1. The zero-order valence-electron chi connectivity index (χ0n) is 18.0. The Morgan fingerprint density at radius 2 is 1.51 bits per heavy atom. The highest BCUT2D eigenvalue weighted by Gasteiger charge is 2.31. The van der Waals surface area contributed by atoms with Gasteiger partial charge in [0, 0.05) is 17.7 Å². The molecule has 0 saturated carbocycles. The van der Waals surface area contributed by atoms with Gasteiger partial charge < -0.3 is 9.84 Å². The minimum atomic E-state index is -4.90. The number of sulfonamides is 1. The lowest BCUT2D eigenvalue weighted by Crippen LogP contribution is -2.20. The number of anilines is 1. The number of aliphatic carboxylic acids is 1. The van der Waals surface area contributed by atoms with Crippen molar-refractivity contribution in [3.8, 4) is 5.75 Å². The van der Waals surface area contributed by atoms with Gasteiger partial charge in [0.15, 0.2) is 5.78 Å². The van der Waals surface area contributed by atoms with Gasteiger partial charge in [-0.15, -0.1) is 13.2 Å². The van der Waals surface area contributed by atoms with Crippen molar-refractivity contribution in [2.75, 3.05) is 4.72 Å². The quantitative estimate of drug-likeness (QED) is 0.378. The highest BCUT2D eigenvalue weighted by Crippen LogP contribution is 2.25. The summed E-state index contributed by atoms with van der Waals surface area (Å²) in [5.41, 5.74) is 1.10. The minimum Gasteiger partial charge on any atom is -0.481 e. The van der Waals surface area contributed by atoms with Crippen molar-refractivity contribution in [2.24, 2.45) is 5.92 Å². The molecule has 0 bridgehead atoms. The Balaban J connectivity index is 1.65. The molecule has 184 valence electrons. The minimum absolute atomic E-state index is 0.108. The molecule has 0 aromatic heterocycles. The van der Waals surface area contributed by atoms with Crippen LogP contribution in [0, 0.1) is 5.92 Å². The van der Waals surface area contributed by atoms with Crippen LogP contribution in [-0.4, -0.2) is 31.6 Å². The molecule has 0 aliphatic rings. The van der Waals surface area contributed by atoms with Crippen molar-refractivity contribution in [3.05, 3.63) is 90.0 Å². The first kappa shape index (κ1) is 25.8. The Labute approximate surface area is 199 Å². The lowest BCUT2D eigenvalue weighted by molar-refractivity contribution is -0.274. The molecule has 0 spiro atoms. The molecule has 3 rings (SSSR count). The number of ether oxygens (including phenoxy) is 1. The summed E-state index contributed by atoms with van der Waals surface area (Å²) in [7, 11) is -4.12. The Kier molecular flexibility index (Phi) is 7.80. The van der Waals surface area contributed by atoms with Crippen molar-refractivity contribution in [1.29, 1.82) is 0 Å². The summed E-state index contributed by atoms with van der Waals surface area (Å²) in [6.45, 7) is 0. The van der Waals surface area contributed by atoms with E-state index in [2.05, 4.69) is 9.46 Å². The molecule has 0 aliphatic carbocycles. The van der Waals surface area contributed by atoms with Gasteiger partial charge in [-0.25, -0.2) is 8.42 Å². The largest absolute Gasteiger partial charge is 0.573 e. The molecule has 2 N–H and O–H groups in total. The van der Waals surface area contributed by atoms with E-state index in [1.807, 2.05) is 0 Å². The van der Waals surface area contributed by atoms with Gasteiger partial charge in [0.05, 0.1) is 10.8 Å². The van der Waals surface area contributed by atoms with Crippen LogP contribution in [0.25, 0.3) is 0 Å². The van der Waals surface area contributed by atoms with Crippen molar-refractivity contribution in [3.63, 3.8) is 0 Å². The smallest absolute Gasteiger partial charge is 0.481 e. The standard InChI is InChI=1S/C24H20F3NO6S/c25-24(26,27)34-20-10-12-21(13-11-20)35(32,33)28-19-8-6-17(7-9-19)22(29)15-18(23(30)31)14-16-4-2-1-3-5-16/h1-13,18,28H,14-15H2,(H,30,31). The first-order chi connectivity index (χ1) is 16.4. The number of benzene rings is 3. The molecule has 0 saturated heterocycles. The number of carbonyl (C=O) groups excluding carboxylic acids is 1. The molecular formula is C24H20F3NO6S. The van der Waals surface area contributed by atoms with Crippen LogP contribution in [0.5, 0.6) is 5.75 Å². The Bertz CT molecular complexity index is 1280. The predicted octanol–water partition coefficient (Wildman–Crippen LogP) is 4.90. The van der Waals surface area contributed by atoms with Crippen LogP contribution in [0.3, 0.4) is 0 Å². The predicted molar refractivity (Wildman–Crippen MR) is 121 cm³/mol. The molecule has 1 atom stereocenters. The number of hydrogen-bond acceptors (Lipinski definition) is 5. The Morgan fingerprint density at radius 1 is 0.914 bits per heavy atom. The van der Waals surface area contributed by atoms with Gasteiger partial charge in [-0.05, 0) is 60.5 Å². The number of nitrogens with one attached hydrogen (secondary N) is 1. The summed E-state index contributed by atoms with van der Waals surface area (Å²) >= 11 is 0. The van der Waals surface area contributed by atoms with Gasteiger partial charge in [-0.3, -0.25) is 14.3 Å². The number of alkyl halides is 3. The number of carbonyl (C=O) groups is 2. The molecule has 1 unspecified atom stereocenters. The third-order valence-corrected chi connectivity index (χ3v) is 6.33. The molecule has 11 heteroatoms. The number of hydrogen-bond donors (Lipinski definition) is 2. The summed E-state index contributed by atoms with van der Waals surface area (Å²) < 4.78 is 67.8. The fourth-order valence-corrected chi connectivity index (χ4v) is 4.30. The fourth-order valence-electron chi connectivity index (χ4n) is 3.25. The van der Waals surface area contributed by atoms with Crippen LogP contribution < -0.4 is 9.46 Å². The first-order valence-corrected chi connectivity index (χ1v) is 11.7. The molecule has 0 aliphatic heterocycles. The molecule has 0 amide bonds. The van der Waals surface area contributed by atoms with Crippen LogP contribution in [0.4, 0.5) is 18.9 Å². The van der Waals surface area contributed by atoms with E-state index in [1.165, 1.54) is 24.3 Å². The van der Waals surface area contributed by atoms with E-state index in [9.17, 15) is 36.3 Å². The lowest BCUT2D eigenvalue weighted by Gasteiger charge is -2.13.